The molecular formula is C17H13NO2. The van der Waals surface area contributed by atoms with Crippen molar-refractivity contribution >= 4 is 5.78 Å². The molecule has 0 heterocycles. The number of carbonyl (C=O) groups excluding carboxylic acids is 1. The van der Waals surface area contributed by atoms with Crippen LogP contribution in [-0.4, -0.2) is 12.9 Å². The van der Waals surface area contributed by atoms with Crippen molar-refractivity contribution in [2.45, 2.75) is 12.8 Å². The second-order valence-corrected chi connectivity index (χ2v) is 4.90. The minimum atomic E-state index is 0.105. The Morgan fingerprint density at radius 2 is 1.90 bits per heavy atom. The lowest BCUT2D eigenvalue weighted by molar-refractivity contribution is 0.0993. The monoisotopic (exact) mass is 263 g/mol. The van der Waals surface area contributed by atoms with Gasteiger partial charge in [0.15, 0.2) is 5.78 Å². The van der Waals surface area contributed by atoms with Crippen molar-refractivity contribution < 1.29 is 9.53 Å². The van der Waals surface area contributed by atoms with Gasteiger partial charge in [-0.3, -0.25) is 4.79 Å². The fourth-order valence-electron chi connectivity index (χ4n) is 2.62. The van der Waals surface area contributed by atoms with Crippen molar-refractivity contribution in [1.29, 1.82) is 5.26 Å². The van der Waals surface area contributed by atoms with E-state index in [1.54, 1.807) is 19.2 Å². The molecule has 1 aliphatic rings. The number of nitrogens with zero attached hydrogens (tertiary/aromatic N) is 1. The molecule has 0 saturated heterocycles. The van der Waals surface area contributed by atoms with Crippen molar-refractivity contribution in [3.05, 3.63) is 64.2 Å². The Bertz CT molecular complexity index is 741. The van der Waals surface area contributed by atoms with E-state index in [-0.39, 0.29) is 5.78 Å². The highest BCUT2D eigenvalue weighted by Gasteiger charge is 2.20. The third kappa shape index (κ3) is 2.06. The Kier molecular flexibility index (Phi) is 3.00. The van der Waals surface area contributed by atoms with Gasteiger partial charge in [-0.15, -0.1) is 0 Å². The fraction of sp³-hybridized carbons (Fsp3) is 0.176. The highest BCUT2D eigenvalue weighted by atomic mass is 16.5. The molecule has 0 N–H and O–H groups in total. The van der Waals surface area contributed by atoms with Crippen LogP contribution in [0.1, 0.15) is 32.6 Å². The summed E-state index contributed by atoms with van der Waals surface area (Å²) in [6, 6.07) is 13.2. The normalized spacial score (nSPS) is 12.9. The number of carbonyl (C=O) groups is 1. The van der Waals surface area contributed by atoms with Crippen molar-refractivity contribution in [3.8, 4) is 11.8 Å². The molecule has 3 nitrogen and oxygen atoms in total. The number of hydrogen-bond acceptors (Lipinski definition) is 3. The van der Waals surface area contributed by atoms with Gasteiger partial charge in [0.25, 0.3) is 0 Å². The quantitative estimate of drug-likeness (QED) is 0.795. The molecule has 0 bridgehead atoms. The summed E-state index contributed by atoms with van der Waals surface area (Å²) in [5.74, 6) is 0.893. The van der Waals surface area contributed by atoms with Gasteiger partial charge in [-0.2, -0.15) is 5.26 Å². The number of Topliss-reactive ketones (excluding diaryl/α,β-unsaturated/α-hetero) is 1. The lowest BCUT2D eigenvalue weighted by atomic mass is 9.98. The first-order valence-electron chi connectivity index (χ1n) is 6.43. The molecule has 1 aliphatic carbocycles. The molecule has 0 spiro atoms. The Labute approximate surface area is 117 Å². The van der Waals surface area contributed by atoms with E-state index in [0.29, 0.717) is 18.4 Å². The van der Waals surface area contributed by atoms with E-state index >= 15 is 0 Å². The van der Waals surface area contributed by atoms with E-state index in [4.69, 9.17) is 10.00 Å². The second-order valence-electron chi connectivity index (χ2n) is 4.90. The molecule has 0 fully saturated rings. The Morgan fingerprint density at radius 1 is 1.05 bits per heavy atom. The van der Waals surface area contributed by atoms with Gasteiger partial charge in [0.1, 0.15) is 5.75 Å². The minimum absolute atomic E-state index is 0.105. The van der Waals surface area contributed by atoms with Crippen LogP contribution in [0.3, 0.4) is 0 Å². The molecule has 0 aromatic heterocycles. The minimum Gasteiger partial charge on any atom is -0.497 e. The van der Waals surface area contributed by atoms with E-state index in [1.807, 2.05) is 24.3 Å². The molecule has 0 amide bonds. The van der Waals surface area contributed by atoms with Crippen LogP contribution in [-0.2, 0) is 12.8 Å². The van der Waals surface area contributed by atoms with Crippen LogP contribution in [0, 0.1) is 11.3 Å². The average Bonchev–Trinajstić information content (AvgIpc) is 2.61. The van der Waals surface area contributed by atoms with Crippen LogP contribution >= 0.6 is 0 Å². The number of rotatable bonds is 1. The van der Waals surface area contributed by atoms with Gasteiger partial charge in [0, 0.05) is 12.0 Å². The zero-order valence-electron chi connectivity index (χ0n) is 11.1. The van der Waals surface area contributed by atoms with Gasteiger partial charge < -0.3 is 4.74 Å². The van der Waals surface area contributed by atoms with Crippen LogP contribution in [0.2, 0.25) is 0 Å². The molecule has 0 unspecified atom stereocenters. The summed E-state index contributed by atoms with van der Waals surface area (Å²) in [7, 11) is 1.63. The Morgan fingerprint density at radius 3 is 2.65 bits per heavy atom. The van der Waals surface area contributed by atoms with Gasteiger partial charge in [-0.1, -0.05) is 6.07 Å². The summed E-state index contributed by atoms with van der Waals surface area (Å²) in [5, 5.41) is 9.00. The van der Waals surface area contributed by atoms with Crippen LogP contribution < -0.4 is 4.74 Å². The fourth-order valence-corrected chi connectivity index (χ4v) is 2.62. The largest absolute Gasteiger partial charge is 0.497 e. The molecule has 0 atom stereocenters. The van der Waals surface area contributed by atoms with Gasteiger partial charge >= 0.3 is 0 Å². The molecule has 2 aromatic carbocycles. The summed E-state index contributed by atoms with van der Waals surface area (Å²) in [5.41, 5.74) is 4.35. The highest BCUT2D eigenvalue weighted by Crippen LogP contribution is 2.27. The number of ether oxygens (including phenoxy) is 1. The third-order valence-corrected chi connectivity index (χ3v) is 3.68. The first kappa shape index (κ1) is 12.4. The van der Waals surface area contributed by atoms with Crippen LogP contribution in [0.4, 0.5) is 0 Å². The van der Waals surface area contributed by atoms with E-state index in [0.717, 1.165) is 28.0 Å². The maximum absolute atomic E-state index is 12.3. The number of methoxy groups -OCH3 is 1. The zero-order valence-corrected chi connectivity index (χ0v) is 11.1. The maximum atomic E-state index is 12.3. The van der Waals surface area contributed by atoms with Crippen LogP contribution in [0.25, 0.3) is 0 Å². The molecule has 3 heteroatoms. The van der Waals surface area contributed by atoms with Crippen LogP contribution in [0.5, 0.6) is 5.75 Å². The maximum Gasteiger partial charge on any atom is 0.167 e. The average molecular weight is 263 g/mol. The van der Waals surface area contributed by atoms with E-state index < -0.39 is 0 Å². The molecule has 98 valence electrons. The van der Waals surface area contributed by atoms with E-state index in [2.05, 4.69) is 6.07 Å². The number of benzene rings is 2. The lowest BCUT2D eigenvalue weighted by Crippen LogP contribution is -2.03. The number of fused-ring (bicyclic) bond motifs is 2. The van der Waals surface area contributed by atoms with Gasteiger partial charge in [0.05, 0.1) is 18.7 Å². The van der Waals surface area contributed by atoms with Crippen molar-refractivity contribution in [2.24, 2.45) is 0 Å². The molecule has 0 radical (unpaired) electrons. The summed E-state index contributed by atoms with van der Waals surface area (Å²) >= 11 is 0. The molecule has 2 aromatic rings. The zero-order chi connectivity index (χ0) is 14.1. The predicted molar refractivity (Wildman–Crippen MR) is 75.0 cm³/mol. The number of nitriles is 1. The predicted octanol–water partition coefficient (Wildman–Crippen LogP) is 2.90. The first-order valence-corrected chi connectivity index (χ1v) is 6.43. The molecular weight excluding hydrogens is 250 g/mol. The highest BCUT2D eigenvalue weighted by molar-refractivity contribution is 6.00. The summed E-state index contributed by atoms with van der Waals surface area (Å²) in [6.07, 6.45) is 1.06. The SMILES string of the molecule is COc1ccc2c(c1)Cc1cc(C#N)ccc1C(=O)C2. The van der Waals surface area contributed by atoms with Gasteiger partial charge in [0.2, 0.25) is 0 Å². The molecule has 0 saturated carbocycles. The number of ketones is 1. The Hall–Kier alpha value is -2.60. The van der Waals surface area contributed by atoms with Crippen molar-refractivity contribution in [2.75, 3.05) is 7.11 Å². The smallest absolute Gasteiger partial charge is 0.167 e. The van der Waals surface area contributed by atoms with Gasteiger partial charge in [-0.25, -0.2) is 0 Å². The van der Waals surface area contributed by atoms with E-state index in [9.17, 15) is 4.79 Å². The second kappa shape index (κ2) is 4.82. The first-order chi connectivity index (χ1) is 9.71. The molecule has 0 aliphatic heterocycles. The van der Waals surface area contributed by atoms with E-state index in [1.165, 1.54) is 0 Å². The lowest BCUT2D eigenvalue weighted by Gasteiger charge is -2.08. The Balaban J connectivity index is 2.14. The topological polar surface area (TPSA) is 50.1 Å². The molecule has 20 heavy (non-hydrogen) atoms. The standard InChI is InChI=1S/C17H13NO2/c1-20-15-4-3-12-9-17(19)16-5-2-11(10-18)6-14(16)7-13(12)8-15/h2-6,8H,7,9H2,1H3. The summed E-state index contributed by atoms with van der Waals surface area (Å²) in [6.45, 7) is 0. The van der Waals surface area contributed by atoms with Crippen molar-refractivity contribution in [3.63, 3.8) is 0 Å². The summed E-state index contributed by atoms with van der Waals surface area (Å²) in [4.78, 5) is 12.3. The summed E-state index contributed by atoms with van der Waals surface area (Å²) < 4.78 is 5.24. The molecule has 3 rings (SSSR count). The van der Waals surface area contributed by atoms with Gasteiger partial charge in [-0.05, 0) is 53.4 Å². The van der Waals surface area contributed by atoms with Crippen molar-refractivity contribution in [1.82, 2.24) is 0 Å². The van der Waals surface area contributed by atoms with Crippen LogP contribution in [0.15, 0.2) is 36.4 Å². The number of hydrogen-bond donors (Lipinski definition) is 0. The third-order valence-electron chi connectivity index (χ3n) is 3.68.